The van der Waals surface area contributed by atoms with E-state index in [-0.39, 0.29) is 0 Å². The molecular weight excluding hydrogens is 457 g/mol. The first kappa shape index (κ1) is 23.2. The maximum absolute atomic E-state index is 11.2. The molecule has 3 rings (SSSR count). The van der Waals surface area contributed by atoms with Crippen molar-refractivity contribution in [2.75, 3.05) is 13.2 Å². The average Bonchev–Trinajstić information content (AvgIpc) is 3.41. The molecule has 0 N–H and O–H groups in total. The lowest BCUT2D eigenvalue weighted by molar-refractivity contribution is -0.137. The van der Waals surface area contributed by atoms with Crippen LogP contribution in [-0.2, 0) is 31.9 Å². The van der Waals surface area contributed by atoms with E-state index in [0.29, 0.717) is 22.4 Å². The van der Waals surface area contributed by atoms with E-state index in [4.69, 9.17) is 9.47 Å². The number of ether oxygens (including phenoxy) is 2. The van der Waals surface area contributed by atoms with Crippen LogP contribution < -0.4 is 0 Å². The number of carbonyl (C=O) groups is 2. The monoisotopic (exact) mass is 478 g/mol. The third-order valence-corrected chi connectivity index (χ3v) is 9.47. The second-order valence-corrected chi connectivity index (χ2v) is 11.7. The molecule has 2 aliphatic heterocycles. The SMILES string of the molecule is C=CC(=O)OCC1=CSC(Cc2ccccc2CC2SC=C(COC(=O)C=C)S2)S1. The van der Waals surface area contributed by atoms with Crippen LogP contribution in [0.5, 0.6) is 0 Å². The van der Waals surface area contributed by atoms with Crippen LogP contribution in [-0.4, -0.2) is 34.3 Å². The van der Waals surface area contributed by atoms with Crippen molar-refractivity contribution in [3.8, 4) is 0 Å². The summed E-state index contributed by atoms with van der Waals surface area (Å²) in [5.74, 6) is -0.789. The molecule has 0 aliphatic carbocycles. The molecule has 158 valence electrons. The quantitative estimate of drug-likeness (QED) is 0.322. The van der Waals surface area contributed by atoms with E-state index in [2.05, 4.69) is 48.2 Å². The molecule has 0 saturated heterocycles. The van der Waals surface area contributed by atoms with Gasteiger partial charge >= 0.3 is 11.9 Å². The summed E-state index contributed by atoms with van der Waals surface area (Å²) in [6.45, 7) is 7.44. The van der Waals surface area contributed by atoms with Crippen molar-refractivity contribution in [1.29, 1.82) is 0 Å². The summed E-state index contributed by atoms with van der Waals surface area (Å²) < 4.78 is 11.0. The van der Waals surface area contributed by atoms with Crippen molar-refractivity contribution in [2.24, 2.45) is 0 Å². The molecular formula is C22H22O4S4. The van der Waals surface area contributed by atoms with Crippen LogP contribution in [0.4, 0.5) is 0 Å². The molecule has 0 amide bonds. The van der Waals surface area contributed by atoms with Gasteiger partial charge in [0.25, 0.3) is 0 Å². The van der Waals surface area contributed by atoms with Crippen molar-refractivity contribution in [2.45, 2.75) is 22.0 Å². The summed E-state index contributed by atoms with van der Waals surface area (Å²) in [5.41, 5.74) is 2.68. The number of hydrogen-bond donors (Lipinski definition) is 0. The van der Waals surface area contributed by atoms with Gasteiger partial charge in [-0.25, -0.2) is 9.59 Å². The number of hydrogen-bond acceptors (Lipinski definition) is 8. The lowest BCUT2D eigenvalue weighted by Gasteiger charge is -2.16. The molecule has 1 aromatic rings. The number of carbonyl (C=O) groups excluding carboxylic acids is 2. The normalized spacial score (nSPS) is 20.3. The highest BCUT2D eigenvalue weighted by atomic mass is 32.2. The van der Waals surface area contributed by atoms with Gasteiger partial charge in [-0.15, -0.1) is 47.0 Å². The van der Waals surface area contributed by atoms with Crippen LogP contribution in [0.15, 0.2) is 70.2 Å². The number of esters is 2. The lowest BCUT2D eigenvalue weighted by atomic mass is 10.0. The molecule has 0 saturated carbocycles. The zero-order valence-electron chi connectivity index (χ0n) is 16.3. The Morgan fingerprint density at radius 1 is 0.833 bits per heavy atom. The first-order valence-electron chi connectivity index (χ1n) is 9.25. The van der Waals surface area contributed by atoms with Crippen LogP contribution in [0, 0.1) is 0 Å². The molecule has 2 aliphatic rings. The zero-order valence-corrected chi connectivity index (χ0v) is 19.5. The van der Waals surface area contributed by atoms with Crippen molar-refractivity contribution < 1.29 is 19.1 Å². The molecule has 4 nitrogen and oxygen atoms in total. The van der Waals surface area contributed by atoms with E-state index in [1.807, 2.05) is 0 Å². The first-order valence-corrected chi connectivity index (χ1v) is 12.9. The van der Waals surface area contributed by atoms with Gasteiger partial charge in [-0.05, 0) is 34.8 Å². The summed E-state index contributed by atoms with van der Waals surface area (Å²) in [6.07, 6.45) is 4.26. The molecule has 0 aromatic heterocycles. The van der Waals surface area contributed by atoms with E-state index in [9.17, 15) is 9.59 Å². The first-order chi connectivity index (χ1) is 14.6. The molecule has 8 heteroatoms. The Balaban J connectivity index is 1.49. The van der Waals surface area contributed by atoms with Crippen LogP contribution in [0.3, 0.4) is 0 Å². The molecule has 2 heterocycles. The third kappa shape index (κ3) is 7.04. The smallest absolute Gasteiger partial charge is 0.330 e. The van der Waals surface area contributed by atoms with E-state index in [1.165, 1.54) is 23.3 Å². The van der Waals surface area contributed by atoms with Gasteiger partial charge < -0.3 is 9.47 Å². The van der Waals surface area contributed by atoms with Gasteiger partial charge in [-0.1, -0.05) is 37.4 Å². The van der Waals surface area contributed by atoms with Crippen molar-refractivity contribution in [1.82, 2.24) is 0 Å². The zero-order chi connectivity index (χ0) is 21.3. The minimum Gasteiger partial charge on any atom is -0.457 e. The van der Waals surface area contributed by atoms with Gasteiger partial charge in [-0.2, -0.15) is 0 Å². The maximum atomic E-state index is 11.2. The van der Waals surface area contributed by atoms with Crippen molar-refractivity contribution in [3.05, 3.63) is 81.3 Å². The molecule has 2 unspecified atom stereocenters. The summed E-state index contributed by atoms with van der Waals surface area (Å²) in [4.78, 5) is 24.6. The highest BCUT2D eigenvalue weighted by molar-refractivity contribution is 8.23. The minimum absolute atomic E-state index is 0.306. The van der Waals surface area contributed by atoms with Crippen molar-refractivity contribution >= 4 is 59.0 Å². The molecule has 30 heavy (non-hydrogen) atoms. The molecule has 0 spiro atoms. The van der Waals surface area contributed by atoms with Crippen molar-refractivity contribution in [3.63, 3.8) is 0 Å². The summed E-state index contributed by atoms with van der Waals surface area (Å²) in [7, 11) is 0. The van der Waals surface area contributed by atoms with Crippen LogP contribution in [0.1, 0.15) is 11.1 Å². The number of thioether (sulfide) groups is 4. The fourth-order valence-corrected chi connectivity index (χ4v) is 7.83. The molecule has 0 fully saturated rings. The van der Waals surface area contributed by atoms with Gasteiger partial charge in [0.05, 0.1) is 9.16 Å². The van der Waals surface area contributed by atoms with Gasteiger partial charge in [0.15, 0.2) is 0 Å². The second kappa shape index (κ2) is 11.8. The van der Waals surface area contributed by atoms with Crippen LogP contribution >= 0.6 is 47.0 Å². The Morgan fingerprint density at radius 3 is 1.67 bits per heavy atom. The van der Waals surface area contributed by atoms with E-state index in [0.717, 1.165) is 22.7 Å². The fraction of sp³-hybridized carbons (Fsp3) is 0.273. The Hall–Kier alpha value is -1.48. The predicted molar refractivity (Wildman–Crippen MR) is 130 cm³/mol. The third-order valence-electron chi connectivity index (χ3n) is 4.21. The molecule has 0 bridgehead atoms. The lowest BCUT2D eigenvalue weighted by Crippen LogP contribution is -2.07. The predicted octanol–water partition coefficient (Wildman–Crippen LogP) is 5.53. The standard InChI is InChI=1S/C22H22O4S4/c1-3-19(23)25-11-17-13-27-21(29-17)9-15-7-5-6-8-16(15)10-22-28-14-18(30-22)12-26-20(24)4-2/h3-8,13-14,21-22H,1-2,9-12H2. The van der Waals surface area contributed by atoms with E-state index >= 15 is 0 Å². The second-order valence-electron chi connectivity index (χ2n) is 6.34. The molecule has 2 atom stereocenters. The molecule has 1 aromatic carbocycles. The Morgan fingerprint density at radius 2 is 1.27 bits per heavy atom. The van der Waals surface area contributed by atoms with Gasteiger partial charge in [-0.3, -0.25) is 0 Å². The highest BCUT2D eigenvalue weighted by Crippen LogP contribution is 2.44. The van der Waals surface area contributed by atoms with Gasteiger partial charge in [0.2, 0.25) is 0 Å². The van der Waals surface area contributed by atoms with Crippen LogP contribution in [0.2, 0.25) is 0 Å². The summed E-state index contributed by atoms with van der Waals surface area (Å²) in [6, 6.07) is 8.54. The topological polar surface area (TPSA) is 52.6 Å². The average molecular weight is 479 g/mol. The number of benzene rings is 1. The maximum Gasteiger partial charge on any atom is 0.330 e. The van der Waals surface area contributed by atoms with Gasteiger partial charge in [0, 0.05) is 22.0 Å². The Bertz CT molecular complexity index is 807. The largest absolute Gasteiger partial charge is 0.457 e. The highest BCUT2D eigenvalue weighted by Gasteiger charge is 2.24. The number of rotatable bonds is 10. The minimum atomic E-state index is -0.394. The van der Waals surface area contributed by atoms with E-state index in [1.54, 1.807) is 47.0 Å². The Labute approximate surface area is 194 Å². The summed E-state index contributed by atoms with van der Waals surface area (Å²) >= 11 is 7.06. The fourth-order valence-electron chi connectivity index (χ4n) is 2.79. The molecule has 0 radical (unpaired) electrons. The summed E-state index contributed by atoms with van der Waals surface area (Å²) in [5, 5.41) is 4.16. The van der Waals surface area contributed by atoms with Gasteiger partial charge in [0.1, 0.15) is 13.2 Å². The van der Waals surface area contributed by atoms with E-state index < -0.39 is 11.9 Å². The Kier molecular flexibility index (Phi) is 9.11. The van der Waals surface area contributed by atoms with Crippen LogP contribution in [0.25, 0.3) is 0 Å².